The Morgan fingerprint density at radius 3 is 1.29 bits per heavy atom. The fourth-order valence-corrected chi connectivity index (χ4v) is 4.35. The van der Waals surface area contributed by atoms with Crippen molar-refractivity contribution >= 4 is 22.6 Å². The minimum Gasteiger partial charge on any atom is -1.00 e. The summed E-state index contributed by atoms with van der Waals surface area (Å²) < 4.78 is 0. The first-order valence-corrected chi connectivity index (χ1v) is 10.7. The molecule has 0 aromatic carbocycles. The summed E-state index contributed by atoms with van der Waals surface area (Å²) >= 11 is 0. The van der Waals surface area contributed by atoms with Crippen molar-refractivity contribution in [2.24, 2.45) is 9.98 Å². The third-order valence-corrected chi connectivity index (χ3v) is 5.79. The number of pyridine rings is 2. The molecular formula is C28H24Cl2N4Zr. The number of aliphatic imine (C=N–C) groups is 2. The van der Waals surface area contributed by atoms with Gasteiger partial charge in [0.1, 0.15) is 0 Å². The summed E-state index contributed by atoms with van der Waals surface area (Å²) in [6.45, 7) is 8.28. The van der Waals surface area contributed by atoms with Gasteiger partial charge in [0.05, 0.1) is 11.4 Å². The second kappa shape index (κ2) is 12.0. The number of allylic oxidation sites excluding steroid dienone is 8. The average molecular weight is 579 g/mol. The van der Waals surface area contributed by atoms with Crippen molar-refractivity contribution in [3.63, 3.8) is 0 Å². The van der Waals surface area contributed by atoms with Gasteiger partial charge in [-0.05, 0) is 86.4 Å². The number of rotatable bonds is 2. The van der Waals surface area contributed by atoms with Gasteiger partial charge in [-0.3, -0.25) is 20.0 Å². The van der Waals surface area contributed by atoms with Gasteiger partial charge in [-0.25, -0.2) is 0 Å². The van der Waals surface area contributed by atoms with Crippen LogP contribution in [-0.4, -0.2) is 21.4 Å². The van der Waals surface area contributed by atoms with Gasteiger partial charge in [0, 0.05) is 58.5 Å². The minimum atomic E-state index is 0. The molecule has 6 rings (SSSR count). The van der Waals surface area contributed by atoms with Crippen molar-refractivity contribution in [3.05, 3.63) is 118 Å². The molecule has 0 amide bonds. The molecule has 0 saturated heterocycles. The number of hydrogen-bond donors (Lipinski definition) is 0. The van der Waals surface area contributed by atoms with Crippen LogP contribution in [0.3, 0.4) is 0 Å². The van der Waals surface area contributed by atoms with Crippen molar-refractivity contribution < 1.29 is 51.0 Å². The molecule has 0 N–H and O–H groups in total. The third kappa shape index (κ3) is 5.69. The van der Waals surface area contributed by atoms with Crippen LogP contribution in [0.4, 0.5) is 0 Å². The number of hydrogen-bond acceptors (Lipinski definition) is 4. The molecule has 2 aromatic heterocycles. The van der Waals surface area contributed by atoms with E-state index in [1.165, 1.54) is 33.4 Å². The van der Waals surface area contributed by atoms with Crippen molar-refractivity contribution in [1.82, 2.24) is 9.97 Å². The fraction of sp³-hybridized carbons (Fsp3) is 0.143. The Morgan fingerprint density at radius 1 is 0.543 bits per heavy atom. The van der Waals surface area contributed by atoms with E-state index >= 15 is 0 Å². The number of nitrogens with zero attached hydrogens (tertiary/aromatic N) is 4. The maximum atomic E-state index is 4.54. The quantitative estimate of drug-likeness (QED) is 0.516. The summed E-state index contributed by atoms with van der Waals surface area (Å²) in [6.07, 6.45) is 16.1. The summed E-state index contributed by atoms with van der Waals surface area (Å²) in [5, 5.41) is 0. The Hall–Kier alpha value is -2.46. The van der Waals surface area contributed by atoms with Gasteiger partial charge in [0.25, 0.3) is 0 Å². The van der Waals surface area contributed by atoms with E-state index in [2.05, 4.69) is 70.2 Å². The monoisotopic (exact) mass is 576 g/mol. The SMILES string of the molecule is CC1=NC2=C(C)C=C(c3cccnc3)C2=C1.CC1=NC2=C(C)C=C(c3cccnc3)C2=C1.[Cl-].[Cl-].[Zr+2]. The predicted octanol–water partition coefficient (Wildman–Crippen LogP) is 0.313. The van der Waals surface area contributed by atoms with Crippen LogP contribution in [-0.2, 0) is 26.2 Å². The Balaban J connectivity index is 0.000000227. The third-order valence-electron chi connectivity index (χ3n) is 5.79. The van der Waals surface area contributed by atoms with Gasteiger partial charge >= 0.3 is 26.2 Å². The first-order chi connectivity index (χ1) is 15.5. The fourth-order valence-electron chi connectivity index (χ4n) is 4.35. The zero-order valence-electron chi connectivity index (χ0n) is 20.0. The van der Waals surface area contributed by atoms with Crippen molar-refractivity contribution in [2.45, 2.75) is 27.7 Å². The Kier molecular flexibility index (Phi) is 9.86. The molecule has 0 atom stereocenters. The first kappa shape index (κ1) is 28.8. The smallest absolute Gasteiger partial charge is 1.00 e. The molecule has 2 aromatic rings. The topological polar surface area (TPSA) is 50.5 Å². The van der Waals surface area contributed by atoms with Crippen molar-refractivity contribution in [1.29, 1.82) is 0 Å². The van der Waals surface area contributed by atoms with Crippen LogP contribution in [0.5, 0.6) is 0 Å². The van der Waals surface area contributed by atoms with Crippen LogP contribution < -0.4 is 24.8 Å². The maximum Gasteiger partial charge on any atom is 2.00 e. The van der Waals surface area contributed by atoms with E-state index in [4.69, 9.17) is 0 Å². The average Bonchev–Trinajstić information content (AvgIpc) is 3.53. The predicted molar refractivity (Wildman–Crippen MR) is 132 cm³/mol. The van der Waals surface area contributed by atoms with E-state index in [1.54, 1.807) is 12.4 Å². The van der Waals surface area contributed by atoms with Crippen LogP contribution in [0.25, 0.3) is 11.1 Å². The molecule has 2 aliphatic heterocycles. The van der Waals surface area contributed by atoms with Gasteiger partial charge in [-0.2, -0.15) is 0 Å². The Morgan fingerprint density at radius 2 is 0.943 bits per heavy atom. The second-order valence-corrected chi connectivity index (χ2v) is 8.29. The molecule has 0 unspecified atom stereocenters. The molecule has 0 saturated carbocycles. The first-order valence-electron chi connectivity index (χ1n) is 10.7. The molecule has 4 aliphatic rings. The number of aromatic nitrogens is 2. The van der Waals surface area contributed by atoms with E-state index < -0.39 is 0 Å². The number of halogens is 2. The van der Waals surface area contributed by atoms with Crippen LogP contribution in [0.1, 0.15) is 38.8 Å². The van der Waals surface area contributed by atoms with Gasteiger partial charge in [0.15, 0.2) is 0 Å². The summed E-state index contributed by atoms with van der Waals surface area (Å²) in [7, 11) is 0. The van der Waals surface area contributed by atoms with Crippen LogP contribution in [0.15, 0.2) is 117 Å². The van der Waals surface area contributed by atoms with E-state index in [0.29, 0.717) is 0 Å². The van der Waals surface area contributed by atoms with E-state index in [1.807, 2.05) is 38.4 Å². The van der Waals surface area contributed by atoms with Gasteiger partial charge in [0.2, 0.25) is 0 Å². The van der Waals surface area contributed by atoms with E-state index in [-0.39, 0.29) is 51.0 Å². The molecule has 4 nitrogen and oxygen atoms in total. The van der Waals surface area contributed by atoms with E-state index in [9.17, 15) is 0 Å². The minimum absolute atomic E-state index is 0. The van der Waals surface area contributed by atoms with Gasteiger partial charge < -0.3 is 24.8 Å². The maximum absolute atomic E-state index is 4.54. The van der Waals surface area contributed by atoms with Crippen molar-refractivity contribution in [3.8, 4) is 0 Å². The molecule has 7 heteroatoms. The molecule has 35 heavy (non-hydrogen) atoms. The van der Waals surface area contributed by atoms with Gasteiger partial charge in [-0.1, -0.05) is 12.1 Å². The molecule has 0 spiro atoms. The molecular weight excluding hydrogens is 554 g/mol. The molecule has 0 bridgehead atoms. The molecule has 174 valence electrons. The Labute approximate surface area is 238 Å². The van der Waals surface area contributed by atoms with Crippen LogP contribution in [0, 0.1) is 0 Å². The largest absolute Gasteiger partial charge is 2.00 e. The summed E-state index contributed by atoms with van der Waals surface area (Å²) in [5.74, 6) is 0. The number of fused-ring (bicyclic) bond motifs is 2. The van der Waals surface area contributed by atoms with E-state index in [0.717, 1.165) is 33.9 Å². The molecule has 0 fully saturated rings. The standard InChI is InChI=1S/2C14H12N2.2ClH.Zr/c2*1-9-6-12(11-4-3-5-15-8-11)13-7-10(2)16-14(9)13;;;/h2*3-8H,1-2H3;2*1H;/q;;;;+2/p-2. The van der Waals surface area contributed by atoms with Crippen LogP contribution >= 0.6 is 0 Å². The molecule has 2 aliphatic carbocycles. The Bertz CT molecular complexity index is 1270. The van der Waals surface area contributed by atoms with Crippen LogP contribution in [0.2, 0.25) is 0 Å². The summed E-state index contributed by atoms with van der Waals surface area (Å²) in [5.41, 5.74) is 14.2. The second-order valence-electron chi connectivity index (χ2n) is 8.29. The van der Waals surface area contributed by atoms with Gasteiger partial charge in [-0.15, -0.1) is 0 Å². The zero-order chi connectivity index (χ0) is 22.2. The normalized spacial score (nSPS) is 16.7. The summed E-state index contributed by atoms with van der Waals surface area (Å²) in [4.78, 5) is 17.4. The molecule has 0 radical (unpaired) electrons. The summed E-state index contributed by atoms with van der Waals surface area (Å²) in [6, 6.07) is 8.10. The molecule has 4 heterocycles. The van der Waals surface area contributed by atoms with Crippen molar-refractivity contribution in [2.75, 3.05) is 0 Å². The zero-order valence-corrected chi connectivity index (χ0v) is 23.9.